The summed E-state index contributed by atoms with van der Waals surface area (Å²) in [5, 5.41) is 0. The Labute approximate surface area is 299 Å². The molecule has 0 saturated heterocycles. The van der Waals surface area contributed by atoms with E-state index < -0.39 is 7.25 Å². The zero-order chi connectivity index (χ0) is 37.1. The quantitative estimate of drug-likeness (QED) is 0.0817. The van der Waals surface area contributed by atoms with Crippen LogP contribution >= 0.6 is 0 Å². The summed E-state index contributed by atoms with van der Waals surface area (Å²) in [5.74, 6) is 5.99. The van der Waals surface area contributed by atoms with Crippen molar-refractivity contribution < 1.29 is 45.4 Å². The van der Waals surface area contributed by atoms with Crippen molar-refractivity contribution in [3.63, 3.8) is 0 Å². The Morgan fingerprint density at radius 3 is 1.46 bits per heavy atom. The molecule has 0 bridgehead atoms. The zero-order valence-corrected chi connectivity index (χ0v) is 28.8. The molecule has 0 atom stereocenters. The lowest BCUT2D eigenvalue weighted by Crippen LogP contribution is -2.02. The second kappa shape index (κ2) is 17.1. The molecule has 0 fully saturated rings. The summed E-state index contributed by atoms with van der Waals surface area (Å²) in [5.41, 5.74) is 5.98. The molecule has 0 amide bonds. The maximum absolute atomic E-state index is 9.75. The minimum atomic E-state index is -6.00. The molecule has 6 nitrogen and oxygen atoms in total. The molecule has 0 N–H and O–H groups in total. The Bertz CT molecular complexity index is 2000. The van der Waals surface area contributed by atoms with Crippen LogP contribution in [-0.2, 0) is 4.74 Å². The van der Waals surface area contributed by atoms with E-state index in [2.05, 4.69) is 0 Å². The smallest absolute Gasteiger partial charge is 0.497 e. The van der Waals surface area contributed by atoms with E-state index in [0.29, 0.717) is 11.5 Å². The Kier molecular flexibility index (Phi) is 12.2. The predicted octanol–water partition coefficient (Wildman–Crippen LogP) is 11.3. The van der Waals surface area contributed by atoms with Gasteiger partial charge in [-0.1, -0.05) is 24.3 Å². The van der Waals surface area contributed by atoms with Crippen molar-refractivity contribution in [2.24, 2.45) is 0 Å². The van der Waals surface area contributed by atoms with Gasteiger partial charge in [-0.15, -0.1) is 0 Å². The molecule has 4 aromatic carbocycles. The van der Waals surface area contributed by atoms with Crippen molar-refractivity contribution >= 4 is 24.7 Å². The molecule has 2 heterocycles. The van der Waals surface area contributed by atoms with Gasteiger partial charge in [-0.05, 0) is 114 Å². The number of hydrogen-bond donors (Lipinski definition) is 0. The zero-order valence-electron chi connectivity index (χ0n) is 28.8. The van der Waals surface area contributed by atoms with Gasteiger partial charge in [0, 0.05) is 17.2 Å². The van der Waals surface area contributed by atoms with E-state index in [-0.39, 0.29) is 0 Å². The van der Waals surface area contributed by atoms with Crippen molar-refractivity contribution in [1.82, 2.24) is 0 Å². The molecule has 11 heteroatoms. The van der Waals surface area contributed by atoms with Crippen LogP contribution in [0.3, 0.4) is 0 Å². The van der Waals surface area contributed by atoms with Gasteiger partial charge < -0.3 is 40.9 Å². The maximum atomic E-state index is 9.75. The highest BCUT2D eigenvalue weighted by atomic mass is 19.5. The maximum Gasteiger partial charge on any atom is 0.673 e. The Morgan fingerprint density at radius 2 is 0.981 bits per heavy atom. The van der Waals surface area contributed by atoms with Gasteiger partial charge >= 0.3 is 18.8 Å². The van der Waals surface area contributed by atoms with Crippen LogP contribution in [0.2, 0.25) is 0 Å². The molecule has 52 heavy (non-hydrogen) atoms. The molecule has 1 aliphatic heterocycles. The minimum Gasteiger partial charge on any atom is -0.497 e. The normalized spacial score (nSPS) is 13.3. The van der Waals surface area contributed by atoms with Gasteiger partial charge in [0.05, 0.1) is 46.1 Å². The van der Waals surface area contributed by atoms with Crippen LogP contribution in [0.4, 0.5) is 17.3 Å². The summed E-state index contributed by atoms with van der Waals surface area (Å²) in [6.07, 6.45) is 9.86. The van der Waals surface area contributed by atoms with Gasteiger partial charge in [-0.2, -0.15) is 0 Å². The first-order chi connectivity index (χ1) is 25.0. The molecule has 6 rings (SSSR count). The van der Waals surface area contributed by atoms with E-state index in [1.165, 1.54) is 0 Å². The standard InChI is InChI=1S/C41H35O6.BF4/c1-42-34-16-8-28(9-17-34)32-24-38(46-40(26-32)30-12-20-36(44-3)21-13-30)6-5-7-39-25-33(29-10-18-35(43-2)19-11-29)27-41(47-39)31-14-22-37(45-4)23-15-31;2-1(3,4)5/h5-27H,1-4H3;/q+1;-1. The van der Waals surface area contributed by atoms with Gasteiger partial charge in [-0.25, -0.2) is 4.42 Å². The van der Waals surface area contributed by atoms with Gasteiger partial charge in [0.1, 0.15) is 34.5 Å². The third kappa shape index (κ3) is 10.4. The van der Waals surface area contributed by atoms with Crippen LogP contribution in [-0.4, -0.2) is 35.7 Å². The van der Waals surface area contributed by atoms with Crippen LogP contribution in [0.15, 0.2) is 144 Å². The fraction of sp³-hybridized carbons (Fsp3) is 0.0976. The number of benzene rings is 4. The molecule has 0 spiro atoms. The lowest BCUT2D eigenvalue weighted by Gasteiger charge is -2.18. The highest BCUT2D eigenvalue weighted by Gasteiger charge is 2.21. The van der Waals surface area contributed by atoms with Gasteiger partial charge in [0.15, 0.2) is 0 Å². The highest BCUT2D eigenvalue weighted by Crippen LogP contribution is 2.34. The van der Waals surface area contributed by atoms with Crippen molar-refractivity contribution in [3.8, 4) is 45.4 Å². The van der Waals surface area contributed by atoms with Crippen LogP contribution in [0.5, 0.6) is 23.0 Å². The number of methoxy groups -OCH3 is 4. The fourth-order valence-corrected chi connectivity index (χ4v) is 5.14. The molecule has 0 unspecified atom stereocenters. The van der Waals surface area contributed by atoms with Crippen LogP contribution in [0.1, 0.15) is 16.9 Å². The average Bonchev–Trinajstić information content (AvgIpc) is 3.17. The first kappa shape index (κ1) is 37.0. The van der Waals surface area contributed by atoms with E-state index in [1.54, 1.807) is 28.4 Å². The number of ether oxygens (including phenoxy) is 5. The molecular formula is C41H35BF4O6. The fourth-order valence-electron chi connectivity index (χ4n) is 5.14. The Hall–Kier alpha value is -6.23. The van der Waals surface area contributed by atoms with Crippen LogP contribution in [0.25, 0.3) is 39.9 Å². The molecule has 0 saturated carbocycles. The van der Waals surface area contributed by atoms with Crippen molar-refractivity contribution in [2.75, 3.05) is 28.4 Å². The lowest BCUT2D eigenvalue weighted by atomic mass is 10.00. The van der Waals surface area contributed by atoms with Crippen molar-refractivity contribution in [2.45, 2.75) is 0 Å². The molecule has 1 aromatic heterocycles. The molecule has 5 aromatic rings. The largest absolute Gasteiger partial charge is 0.673 e. The van der Waals surface area contributed by atoms with E-state index in [9.17, 15) is 17.3 Å². The number of halogens is 4. The second-order valence-corrected chi connectivity index (χ2v) is 11.2. The van der Waals surface area contributed by atoms with E-state index >= 15 is 0 Å². The third-order valence-corrected chi connectivity index (χ3v) is 7.74. The predicted molar refractivity (Wildman–Crippen MR) is 197 cm³/mol. The average molecular weight is 711 g/mol. The summed E-state index contributed by atoms with van der Waals surface area (Å²) < 4.78 is 73.2. The SMILES string of the molecule is COc1ccc(C2=C/C(=C\C=C\c3cc(-c4ccc(OC)cc4)cc(-c4ccc(OC)cc4)[o+]3)OC(c3ccc(OC)cc3)=C2)cc1.F[B-](F)(F)F. The number of allylic oxidation sites excluding steroid dienone is 5. The van der Waals surface area contributed by atoms with Crippen molar-refractivity contribution in [1.29, 1.82) is 0 Å². The summed E-state index contributed by atoms with van der Waals surface area (Å²) in [4.78, 5) is 0. The third-order valence-electron chi connectivity index (χ3n) is 7.74. The summed E-state index contributed by atoms with van der Waals surface area (Å²) in [6, 6.07) is 35.7. The van der Waals surface area contributed by atoms with Gasteiger partial charge in [0.25, 0.3) is 0 Å². The van der Waals surface area contributed by atoms with Crippen LogP contribution in [0, 0.1) is 0 Å². The number of rotatable bonds is 10. The Balaban J connectivity index is 0.000000979. The van der Waals surface area contributed by atoms with Crippen molar-refractivity contribution in [3.05, 3.63) is 156 Å². The number of hydrogen-bond acceptors (Lipinski definition) is 5. The minimum absolute atomic E-state index is 0.682. The first-order valence-corrected chi connectivity index (χ1v) is 16.0. The van der Waals surface area contributed by atoms with E-state index in [0.717, 1.165) is 67.9 Å². The second-order valence-electron chi connectivity index (χ2n) is 11.2. The van der Waals surface area contributed by atoms with Gasteiger partial charge in [0.2, 0.25) is 0 Å². The lowest BCUT2D eigenvalue weighted by molar-refractivity contribution is 0.368. The summed E-state index contributed by atoms with van der Waals surface area (Å²) in [7, 11) is 0.636. The van der Waals surface area contributed by atoms with E-state index in [1.807, 2.05) is 140 Å². The molecule has 1 aliphatic rings. The monoisotopic (exact) mass is 710 g/mol. The van der Waals surface area contributed by atoms with Crippen LogP contribution < -0.4 is 18.9 Å². The topological polar surface area (TPSA) is 57.5 Å². The highest BCUT2D eigenvalue weighted by molar-refractivity contribution is 6.50. The molecule has 0 aliphatic carbocycles. The summed E-state index contributed by atoms with van der Waals surface area (Å²) in [6.45, 7) is 0. The summed E-state index contributed by atoms with van der Waals surface area (Å²) >= 11 is 0. The molecule has 266 valence electrons. The molecular weight excluding hydrogens is 675 g/mol. The van der Waals surface area contributed by atoms with Gasteiger partial charge in [-0.3, -0.25) is 0 Å². The molecule has 0 radical (unpaired) electrons. The Morgan fingerprint density at radius 1 is 0.538 bits per heavy atom. The van der Waals surface area contributed by atoms with E-state index in [4.69, 9.17) is 28.1 Å². The first-order valence-electron chi connectivity index (χ1n) is 16.0.